The predicted molar refractivity (Wildman–Crippen MR) is 76.4 cm³/mol. The summed E-state index contributed by atoms with van der Waals surface area (Å²) >= 11 is 0. The third-order valence-electron chi connectivity index (χ3n) is 1.31. The predicted octanol–water partition coefficient (Wildman–Crippen LogP) is 6.90. The zero-order valence-corrected chi connectivity index (χ0v) is 14.3. The van der Waals surface area contributed by atoms with Crippen molar-refractivity contribution in [3.63, 3.8) is 0 Å². The second-order valence-corrected chi connectivity index (χ2v) is 3.67. The Bertz CT molecular complexity index is 334. The van der Waals surface area contributed by atoms with Crippen LogP contribution in [0.3, 0.4) is 0 Å². The van der Waals surface area contributed by atoms with Gasteiger partial charge in [0.15, 0.2) is 0 Å². The zero-order valence-electron chi connectivity index (χ0n) is 12.6. The monoisotopic (exact) mass is 496 g/mol. The molecule has 0 nitrogen and oxygen atoms in total. The van der Waals surface area contributed by atoms with Gasteiger partial charge in [0, 0.05) is 0 Å². The molecule has 2 aliphatic carbocycles. The summed E-state index contributed by atoms with van der Waals surface area (Å²) in [4.78, 5) is 0. The van der Waals surface area contributed by atoms with Gasteiger partial charge in [-0.2, -0.15) is 0 Å². The molecule has 0 saturated heterocycles. The van der Waals surface area contributed by atoms with Crippen molar-refractivity contribution >= 4 is 21.8 Å². The summed E-state index contributed by atoms with van der Waals surface area (Å²) in [5.74, 6) is 0. The van der Waals surface area contributed by atoms with Crippen molar-refractivity contribution in [3.05, 3.63) is 48.6 Å². The summed E-state index contributed by atoms with van der Waals surface area (Å²) in [6.07, 6.45) is 19.0. The van der Waals surface area contributed by atoms with E-state index < -0.39 is 21.8 Å². The van der Waals surface area contributed by atoms with Crippen LogP contribution in [-0.4, -0.2) is 21.8 Å². The Morgan fingerprint density at radius 3 is 0.538 bits per heavy atom. The standard InChI is InChI=1S/2C5H6.3BF4.Rh/c2*1-2-4-5-3-1;3*2-1(3,4)5;/h2*1-4H,5H2;;;;/q;;3*-1;+3. The molecule has 26 heavy (non-hydrogen) atoms. The summed E-state index contributed by atoms with van der Waals surface area (Å²) < 4.78 is 117. The van der Waals surface area contributed by atoms with E-state index in [0.717, 1.165) is 12.8 Å². The van der Waals surface area contributed by atoms with E-state index in [1.807, 2.05) is 0 Å². The molecule has 0 radical (unpaired) electrons. The van der Waals surface area contributed by atoms with Crippen LogP contribution in [0.4, 0.5) is 51.8 Å². The van der Waals surface area contributed by atoms with Crippen LogP contribution in [0, 0.1) is 0 Å². The Kier molecular flexibility index (Phi) is 21.8. The molecular formula is C10H12B3F12Rh. The molecular weight excluding hydrogens is 483 g/mol. The fourth-order valence-electron chi connectivity index (χ4n) is 0.786. The summed E-state index contributed by atoms with van der Waals surface area (Å²) in [6, 6.07) is 0. The molecule has 0 aromatic carbocycles. The van der Waals surface area contributed by atoms with Crippen LogP contribution < -0.4 is 0 Å². The van der Waals surface area contributed by atoms with Gasteiger partial charge >= 0.3 is 41.2 Å². The van der Waals surface area contributed by atoms with Crippen LogP contribution in [0.1, 0.15) is 12.8 Å². The van der Waals surface area contributed by atoms with Crippen LogP contribution >= 0.6 is 0 Å². The molecule has 0 amide bonds. The normalized spacial score (nSPS) is 13.7. The minimum absolute atomic E-state index is 0. The van der Waals surface area contributed by atoms with Crippen LogP contribution in [-0.2, 0) is 19.5 Å². The average molecular weight is 496 g/mol. The third-order valence-corrected chi connectivity index (χ3v) is 1.31. The van der Waals surface area contributed by atoms with Crippen molar-refractivity contribution < 1.29 is 71.3 Å². The topological polar surface area (TPSA) is 0 Å². The Morgan fingerprint density at radius 2 is 0.500 bits per heavy atom. The maximum atomic E-state index is 9.75. The van der Waals surface area contributed by atoms with Gasteiger partial charge in [-0.3, -0.25) is 0 Å². The van der Waals surface area contributed by atoms with E-state index in [9.17, 15) is 51.8 Å². The smallest absolute Gasteiger partial charge is 0.418 e. The van der Waals surface area contributed by atoms with Gasteiger partial charge in [0.25, 0.3) is 0 Å². The van der Waals surface area contributed by atoms with Gasteiger partial charge in [-0.15, -0.1) is 0 Å². The third kappa shape index (κ3) is 138. The van der Waals surface area contributed by atoms with E-state index in [4.69, 9.17) is 0 Å². The van der Waals surface area contributed by atoms with Gasteiger partial charge in [-0.1, -0.05) is 48.6 Å². The molecule has 0 heterocycles. The molecule has 0 unspecified atom stereocenters. The molecule has 0 fully saturated rings. The first-order valence-corrected chi connectivity index (χ1v) is 6.25. The van der Waals surface area contributed by atoms with Crippen molar-refractivity contribution in [2.45, 2.75) is 12.8 Å². The molecule has 154 valence electrons. The quantitative estimate of drug-likeness (QED) is 0.253. The van der Waals surface area contributed by atoms with Crippen molar-refractivity contribution in [1.29, 1.82) is 0 Å². The summed E-state index contributed by atoms with van der Waals surface area (Å²) in [6.45, 7) is 0. The molecule has 0 N–H and O–H groups in total. The fourth-order valence-corrected chi connectivity index (χ4v) is 0.786. The molecule has 0 aliphatic heterocycles. The first-order chi connectivity index (χ1) is 11.0. The van der Waals surface area contributed by atoms with Gasteiger partial charge < -0.3 is 51.8 Å². The summed E-state index contributed by atoms with van der Waals surface area (Å²) in [5.41, 5.74) is 0. The van der Waals surface area contributed by atoms with Gasteiger partial charge in [-0.05, 0) is 12.8 Å². The average Bonchev–Trinajstić information content (AvgIpc) is 3.02. The summed E-state index contributed by atoms with van der Waals surface area (Å²) in [7, 11) is -18.0. The Hall–Kier alpha value is -1.06. The van der Waals surface area contributed by atoms with E-state index in [-0.39, 0.29) is 19.5 Å². The van der Waals surface area contributed by atoms with E-state index >= 15 is 0 Å². The molecule has 2 rings (SSSR count). The van der Waals surface area contributed by atoms with Crippen molar-refractivity contribution in [2.75, 3.05) is 0 Å². The SMILES string of the molecule is C1=CCC=C1.C1=CCC=C1.F[B-](F)(F)F.F[B-](F)(F)F.F[B-](F)(F)F.[Rh+3]. The van der Waals surface area contributed by atoms with Crippen molar-refractivity contribution in [3.8, 4) is 0 Å². The Labute approximate surface area is 155 Å². The van der Waals surface area contributed by atoms with Crippen molar-refractivity contribution in [1.82, 2.24) is 0 Å². The molecule has 0 aromatic rings. The van der Waals surface area contributed by atoms with Gasteiger partial charge in [-0.25, -0.2) is 0 Å². The summed E-state index contributed by atoms with van der Waals surface area (Å²) in [5, 5.41) is 0. The molecule has 0 aromatic heterocycles. The second-order valence-electron chi connectivity index (χ2n) is 3.67. The number of allylic oxidation sites excluding steroid dienone is 8. The largest absolute Gasteiger partial charge is 3.00 e. The van der Waals surface area contributed by atoms with E-state index in [2.05, 4.69) is 48.6 Å². The van der Waals surface area contributed by atoms with Crippen LogP contribution in [0.2, 0.25) is 0 Å². The minimum Gasteiger partial charge on any atom is -0.418 e. The number of hydrogen-bond donors (Lipinski definition) is 0. The maximum Gasteiger partial charge on any atom is 3.00 e. The number of hydrogen-bond acceptors (Lipinski definition) is 0. The maximum absolute atomic E-state index is 9.75. The van der Waals surface area contributed by atoms with Gasteiger partial charge in [0.05, 0.1) is 0 Å². The van der Waals surface area contributed by atoms with Crippen LogP contribution in [0.5, 0.6) is 0 Å². The molecule has 2 aliphatic rings. The molecule has 0 saturated carbocycles. The molecule has 0 atom stereocenters. The van der Waals surface area contributed by atoms with Gasteiger partial charge in [0.1, 0.15) is 0 Å². The molecule has 0 spiro atoms. The Morgan fingerprint density at radius 1 is 0.385 bits per heavy atom. The number of rotatable bonds is 0. The van der Waals surface area contributed by atoms with E-state index in [0.29, 0.717) is 0 Å². The second kappa shape index (κ2) is 17.4. The number of halogens is 12. The minimum atomic E-state index is -6.00. The van der Waals surface area contributed by atoms with E-state index in [1.54, 1.807) is 0 Å². The first kappa shape index (κ1) is 32.6. The fraction of sp³-hybridized carbons (Fsp3) is 0.200. The Balaban J connectivity index is -0.000000115. The van der Waals surface area contributed by atoms with Crippen LogP contribution in [0.25, 0.3) is 0 Å². The molecule has 16 heteroatoms. The zero-order chi connectivity index (χ0) is 20.6. The molecule has 0 bridgehead atoms. The first-order valence-electron chi connectivity index (χ1n) is 6.25. The van der Waals surface area contributed by atoms with E-state index in [1.165, 1.54) is 0 Å². The van der Waals surface area contributed by atoms with Gasteiger partial charge in [0.2, 0.25) is 0 Å². The van der Waals surface area contributed by atoms with Crippen LogP contribution in [0.15, 0.2) is 48.6 Å². The van der Waals surface area contributed by atoms with Crippen molar-refractivity contribution in [2.24, 2.45) is 0 Å².